The molecular weight excluding hydrogens is 504 g/mol. The van der Waals surface area contributed by atoms with E-state index in [1.807, 2.05) is 58.9 Å². The van der Waals surface area contributed by atoms with Crippen molar-refractivity contribution in [3.05, 3.63) is 64.7 Å². The van der Waals surface area contributed by atoms with Gasteiger partial charge in [0.25, 0.3) is 5.91 Å². The summed E-state index contributed by atoms with van der Waals surface area (Å²) in [6.07, 6.45) is 2.45. The van der Waals surface area contributed by atoms with Gasteiger partial charge in [0.15, 0.2) is 0 Å². The highest BCUT2D eigenvalue weighted by atomic mass is 16.6. The third kappa shape index (κ3) is 7.16. The van der Waals surface area contributed by atoms with Crippen LogP contribution in [0.3, 0.4) is 0 Å². The normalized spacial score (nSPS) is 17.2. The van der Waals surface area contributed by atoms with Crippen LogP contribution in [0.5, 0.6) is 5.75 Å². The number of methoxy groups -OCH3 is 1. The number of carbonyl (C=O) groups is 2. The smallest absolute Gasteiger partial charge is 0.410 e. The van der Waals surface area contributed by atoms with Crippen LogP contribution in [0.4, 0.5) is 10.5 Å². The molecule has 8 heteroatoms. The third-order valence-corrected chi connectivity index (χ3v) is 7.61. The largest absolute Gasteiger partial charge is 0.496 e. The molecule has 216 valence electrons. The van der Waals surface area contributed by atoms with Crippen molar-refractivity contribution >= 4 is 23.3 Å². The van der Waals surface area contributed by atoms with E-state index in [0.717, 1.165) is 59.9 Å². The van der Waals surface area contributed by atoms with Crippen LogP contribution in [0.2, 0.25) is 0 Å². The zero-order chi connectivity index (χ0) is 29.0. The Morgan fingerprint density at radius 3 is 2.35 bits per heavy atom. The summed E-state index contributed by atoms with van der Waals surface area (Å²) in [5.74, 6) is 0.693. The fourth-order valence-electron chi connectivity index (χ4n) is 5.13. The number of aryl methyl sites for hydroxylation is 1. The lowest BCUT2D eigenvalue weighted by atomic mass is 9.95. The van der Waals surface area contributed by atoms with Gasteiger partial charge in [-0.05, 0) is 89.1 Å². The predicted octanol–water partition coefficient (Wildman–Crippen LogP) is 5.27. The summed E-state index contributed by atoms with van der Waals surface area (Å²) in [5.41, 5.74) is 5.32. The fraction of sp³-hybridized carbons (Fsp3) is 0.500. The number of benzene rings is 2. The van der Waals surface area contributed by atoms with Crippen LogP contribution in [-0.4, -0.2) is 80.8 Å². The summed E-state index contributed by atoms with van der Waals surface area (Å²) < 4.78 is 11.2. The fourth-order valence-corrected chi connectivity index (χ4v) is 5.13. The summed E-state index contributed by atoms with van der Waals surface area (Å²) in [6, 6.07) is 12.0. The highest BCUT2D eigenvalue weighted by molar-refractivity contribution is 5.97. The molecule has 1 N–H and O–H groups in total. The maximum Gasteiger partial charge on any atom is 0.410 e. The summed E-state index contributed by atoms with van der Waals surface area (Å²) in [4.78, 5) is 32.3. The molecule has 1 fully saturated rings. The molecule has 2 heterocycles. The number of amides is 2. The number of piperazine rings is 1. The zero-order valence-electron chi connectivity index (χ0n) is 25.0. The van der Waals surface area contributed by atoms with E-state index < -0.39 is 5.60 Å². The highest BCUT2D eigenvalue weighted by Crippen LogP contribution is 2.33. The van der Waals surface area contributed by atoms with Gasteiger partial charge in [-0.2, -0.15) is 0 Å². The number of hydrogen-bond acceptors (Lipinski definition) is 6. The molecular formula is C32H44N4O4. The Morgan fingerprint density at radius 1 is 1.00 bits per heavy atom. The number of anilines is 1. The number of likely N-dealkylation sites (N-methyl/N-ethyl adjacent to an activating group) is 1. The minimum absolute atomic E-state index is 0.0803. The number of nitrogens with zero attached hydrogens (tertiary/aromatic N) is 3. The first-order valence-electron chi connectivity index (χ1n) is 14.2. The lowest BCUT2D eigenvalue weighted by Crippen LogP contribution is -2.44. The van der Waals surface area contributed by atoms with Gasteiger partial charge in [-0.25, -0.2) is 4.79 Å². The molecule has 0 unspecified atom stereocenters. The van der Waals surface area contributed by atoms with Crippen molar-refractivity contribution in [2.24, 2.45) is 0 Å². The van der Waals surface area contributed by atoms with Gasteiger partial charge < -0.3 is 29.5 Å². The van der Waals surface area contributed by atoms with Gasteiger partial charge in [0.2, 0.25) is 0 Å². The lowest BCUT2D eigenvalue weighted by Gasteiger charge is -2.34. The molecule has 0 radical (unpaired) electrons. The van der Waals surface area contributed by atoms with Gasteiger partial charge in [-0.15, -0.1) is 0 Å². The molecule has 0 saturated carbocycles. The Morgan fingerprint density at radius 2 is 1.73 bits per heavy atom. The molecule has 0 aliphatic carbocycles. The molecule has 4 rings (SSSR count). The van der Waals surface area contributed by atoms with Gasteiger partial charge in [0, 0.05) is 56.1 Å². The average molecular weight is 549 g/mol. The van der Waals surface area contributed by atoms with Crippen molar-refractivity contribution < 1.29 is 19.1 Å². The molecule has 0 bridgehead atoms. The lowest BCUT2D eigenvalue weighted by molar-refractivity contribution is 0.0270. The van der Waals surface area contributed by atoms with E-state index in [2.05, 4.69) is 40.4 Å². The van der Waals surface area contributed by atoms with E-state index in [1.54, 1.807) is 12.0 Å². The quantitative estimate of drug-likeness (QED) is 0.530. The molecule has 1 saturated heterocycles. The maximum atomic E-state index is 13.4. The van der Waals surface area contributed by atoms with Crippen molar-refractivity contribution in [2.75, 3.05) is 58.3 Å². The number of ether oxygens (including phenoxy) is 2. The van der Waals surface area contributed by atoms with E-state index in [-0.39, 0.29) is 18.0 Å². The average Bonchev–Trinajstić information content (AvgIpc) is 2.92. The number of hydrogen-bond donors (Lipinski definition) is 1. The summed E-state index contributed by atoms with van der Waals surface area (Å²) >= 11 is 0. The number of carbonyl (C=O) groups excluding carboxylic acids is 2. The minimum atomic E-state index is -0.524. The second kappa shape index (κ2) is 12.3. The second-order valence-electron chi connectivity index (χ2n) is 11.9. The van der Waals surface area contributed by atoms with Crippen molar-refractivity contribution in [2.45, 2.75) is 52.7 Å². The van der Waals surface area contributed by atoms with Gasteiger partial charge in [-0.1, -0.05) is 18.2 Å². The number of nitrogens with one attached hydrogen (secondary N) is 1. The predicted molar refractivity (Wildman–Crippen MR) is 160 cm³/mol. The summed E-state index contributed by atoms with van der Waals surface area (Å²) in [7, 11) is 3.80. The van der Waals surface area contributed by atoms with Crippen LogP contribution in [0.15, 0.2) is 42.5 Å². The third-order valence-electron chi connectivity index (χ3n) is 7.61. The van der Waals surface area contributed by atoms with Crippen LogP contribution in [0, 0.1) is 6.92 Å². The van der Waals surface area contributed by atoms with Crippen molar-refractivity contribution in [1.82, 2.24) is 15.1 Å². The molecule has 0 spiro atoms. The van der Waals surface area contributed by atoms with Crippen molar-refractivity contribution in [3.8, 4) is 5.75 Å². The van der Waals surface area contributed by atoms with Crippen LogP contribution in [-0.2, 0) is 4.74 Å². The topological polar surface area (TPSA) is 74.4 Å². The standard InChI is InChI=1S/C32H44N4O4/c1-22-8-10-26(35-18-16-34(6)17-19-35)21-27(22)30(37)33-23(2)25-9-11-29(39-7)28(20-25)24-12-14-36(15-13-24)31(38)40-32(3,4)5/h8-12,20-21,23H,13-19H2,1-7H3,(H,33,37)/t23-/m1/s1. The maximum absolute atomic E-state index is 13.4. The monoisotopic (exact) mass is 548 g/mol. The first-order valence-corrected chi connectivity index (χ1v) is 14.2. The van der Waals surface area contributed by atoms with Gasteiger partial charge in [0.05, 0.1) is 13.2 Å². The Labute approximate surface area is 238 Å². The molecule has 2 amide bonds. The van der Waals surface area contributed by atoms with Crippen molar-refractivity contribution in [3.63, 3.8) is 0 Å². The van der Waals surface area contributed by atoms with E-state index in [0.29, 0.717) is 25.1 Å². The molecule has 1 atom stereocenters. The molecule has 2 aromatic rings. The Bertz CT molecular complexity index is 1260. The van der Waals surface area contributed by atoms with E-state index in [4.69, 9.17) is 9.47 Å². The minimum Gasteiger partial charge on any atom is -0.496 e. The first kappa shape index (κ1) is 29.5. The Hall–Kier alpha value is -3.52. The van der Waals surface area contributed by atoms with Crippen LogP contribution < -0.4 is 15.0 Å². The zero-order valence-corrected chi connectivity index (χ0v) is 25.0. The Kier molecular flexibility index (Phi) is 9.08. The number of rotatable bonds is 6. The molecule has 8 nitrogen and oxygen atoms in total. The SMILES string of the molecule is COc1ccc([C@@H](C)NC(=O)c2cc(N3CCN(C)CC3)ccc2C)cc1C1=CCN(C(=O)OC(C)(C)C)CC1. The van der Waals surface area contributed by atoms with E-state index >= 15 is 0 Å². The molecule has 2 aliphatic rings. The molecule has 2 aromatic carbocycles. The molecule has 0 aromatic heterocycles. The summed E-state index contributed by atoms with van der Waals surface area (Å²) in [6.45, 7) is 14.6. The van der Waals surface area contributed by atoms with Gasteiger partial charge >= 0.3 is 6.09 Å². The Balaban J connectivity index is 1.48. The summed E-state index contributed by atoms with van der Waals surface area (Å²) in [5, 5.41) is 3.21. The highest BCUT2D eigenvalue weighted by Gasteiger charge is 2.25. The van der Waals surface area contributed by atoms with Gasteiger partial charge in [0.1, 0.15) is 11.4 Å². The van der Waals surface area contributed by atoms with Crippen LogP contribution in [0.1, 0.15) is 67.2 Å². The van der Waals surface area contributed by atoms with E-state index in [1.165, 1.54) is 0 Å². The first-order chi connectivity index (χ1) is 18.9. The van der Waals surface area contributed by atoms with E-state index in [9.17, 15) is 9.59 Å². The van der Waals surface area contributed by atoms with Crippen molar-refractivity contribution in [1.29, 1.82) is 0 Å². The van der Waals surface area contributed by atoms with Crippen LogP contribution in [0.25, 0.3) is 5.57 Å². The molecule has 40 heavy (non-hydrogen) atoms. The van der Waals surface area contributed by atoms with Crippen LogP contribution >= 0.6 is 0 Å². The van der Waals surface area contributed by atoms with Gasteiger partial charge in [-0.3, -0.25) is 4.79 Å². The molecule has 2 aliphatic heterocycles. The second-order valence-corrected chi connectivity index (χ2v) is 11.9.